The second-order valence-electron chi connectivity index (χ2n) is 5.43. The molecule has 0 saturated carbocycles. The Bertz CT molecular complexity index is 671. The van der Waals surface area contributed by atoms with E-state index in [1.807, 2.05) is 45.2 Å². The monoisotopic (exact) mass is 301 g/mol. The number of benzene rings is 2. The van der Waals surface area contributed by atoms with Crippen molar-refractivity contribution in [3.63, 3.8) is 0 Å². The number of nitrogens with zero attached hydrogens (tertiary/aromatic N) is 1. The lowest BCUT2D eigenvalue weighted by Gasteiger charge is -2.20. The summed E-state index contributed by atoms with van der Waals surface area (Å²) in [6.45, 7) is 4.51. The fourth-order valence-electron chi connectivity index (χ4n) is 2.33. The van der Waals surface area contributed by atoms with Gasteiger partial charge in [0.1, 0.15) is 5.75 Å². The fraction of sp³-hybridized carbons (Fsp3) is 0.294. The summed E-state index contributed by atoms with van der Waals surface area (Å²) in [4.78, 5) is 1.80. The number of aliphatic hydroxyl groups is 1. The first-order valence-corrected chi connectivity index (χ1v) is 7.21. The van der Waals surface area contributed by atoms with Crippen molar-refractivity contribution in [3.05, 3.63) is 41.5 Å². The molecular formula is C17H23N3O2. The van der Waals surface area contributed by atoms with Gasteiger partial charge in [0.2, 0.25) is 0 Å². The maximum Gasteiger partial charge on any atom is 0.140 e. The Kier molecular flexibility index (Phi) is 4.78. The van der Waals surface area contributed by atoms with Gasteiger partial charge in [0, 0.05) is 36.7 Å². The average molecular weight is 301 g/mol. The minimum Gasteiger partial charge on any atom is -0.506 e. The van der Waals surface area contributed by atoms with E-state index in [1.54, 1.807) is 11.0 Å². The van der Waals surface area contributed by atoms with Gasteiger partial charge in [-0.2, -0.15) is 0 Å². The van der Waals surface area contributed by atoms with Gasteiger partial charge in [0.05, 0.1) is 12.3 Å². The molecule has 0 fully saturated rings. The van der Waals surface area contributed by atoms with Crippen LogP contribution in [0.3, 0.4) is 0 Å². The molecule has 5 nitrogen and oxygen atoms in total. The van der Waals surface area contributed by atoms with Gasteiger partial charge < -0.3 is 26.2 Å². The number of aliphatic hydroxyl groups excluding tert-OH is 1. The van der Waals surface area contributed by atoms with Gasteiger partial charge in [-0.05, 0) is 49.2 Å². The Morgan fingerprint density at radius 3 is 2.50 bits per heavy atom. The van der Waals surface area contributed by atoms with Gasteiger partial charge in [0.25, 0.3) is 0 Å². The van der Waals surface area contributed by atoms with Gasteiger partial charge in [-0.25, -0.2) is 0 Å². The molecule has 0 unspecified atom stereocenters. The molecule has 0 atom stereocenters. The van der Waals surface area contributed by atoms with Crippen molar-refractivity contribution >= 4 is 22.7 Å². The van der Waals surface area contributed by atoms with Crippen LogP contribution in [0.2, 0.25) is 0 Å². The highest BCUT2D eigenvalue weighted by Gasteiger charge is 2.09. The first-order chi connectivity index (χ1) is 10.4. The van der Waals surface area contributed by atoms with E-state index in [0.717, 1.165) is 28.2 Å². The molecule has 2 aromatic rings. The molecule has 0 saturated heterocycles. The second kappa shape index (κ2) is 6.58. The van der Waals surface area contributed by atoms with Crippen LogP contribution in [0.25, 0.3) is 0 Å². The van der Waals surface area contributed by atoms with Crippen LogP contribution >= 0.6 is 0 Å². The quantitative estimate of drug-likeness (QED) is 0.638. The van der Waals surface area contributed by atoms with Crippen molar-refractivity contribution in [3.8, 4) is 5.75 Å². The number of hydrogen-bond acceptors (Lipinski definition) is 5. The summed E-state index contributed by atoms with van der Waals surface area (Å²) in [5.74, 6) is 0.172. The first kappa shape index (κ1) is 16.0. The molecule has 2 rings (SSSR count). The van der Waals surface area contributed by atoms with Crippen LogP contribution in [0.4, 0.5) is 22.7 Å². The van der Waals surface area contributed by atoms with Gasteiger partial charge >= 0.3 is 0 Å². The van der Waals surface area contributed by atoms with Crippen molar-refractivity contribution in [2.75, 3.05) is 36.1 Å². The number of likely N-dealkylation sites (N-methyl/N-ethyl adjacent to an activating group) is 1. The lowest BCUT2D eigenvalue weighted by Crippen LogP contribution is -2.21. The van der Waals surface area contributed by atoms with Crippen LogP contribution in [0.15, 0.2) is 30.3 Å². The zero-order valence-corrected chi connectivity index (χ0v) is 13.2. The van der Waals surface area contributed by atoms with E-state index in [9.17, 15) is 5.11 Å². The predicted octanol–water partition coefficient (Wildman–Crippen LogP) is 2.76. The number of hydrogen-bond donors (Lipinski definition) is 4. The number of nitrogens with one attached hydrogen (secondary N) is 1. The third-order valence-electron chi connectivity index (χ3n) is 3.93. The van der Waals surface area contributed by atoms with E-state index in [0.29, 0.717) is 12.2 Å². The summed E-state index contributed by atoms with van der Waals surface area (Å²) in [5, 5.41) is 22.4. The van der Waals surface area contributed by atoms with Gasteiger partial charge in [-0.15, -0.1) is 0 Å². The molecule has 0 aromatic heterocycles. The smallest absolute Gasteiger partial charge is 0.140 e. The Morgan fingerprint density at radius 2 is 1.86 bits per heavy atom. The Balaban J connectivity index is 2.25. The summed E-state index contributed by atoms with van der Waals surface area (Å²) in [6.07, 6.45) is 0. The number of nitrogens with two attached hydrogens (primary N) is 1. The molecule has 0 radical (unpaired) electrons. The Morgan fingerprint density at radius 1 is 1.14 bits per heavy atom. The van der Waals surface area contributed by atoms with Gasteiger partial charge in [-0.1, -0.05) is 0 Å². The predicted molar refractivity (Wildman–Crippen MR) is 92.1 cm³/mol. The molecule has 0 heterocycles. The van der Waals surface area contributed by atoms with E-state index in [1.165, 1.54) is 0 Å². The van der Waals surface area contributed by atoms with E-state index < -0.39 is 0 Å². The van der Waals surface area contributed by atoms with Crippen molar-refractivity contribution in [1.82, 2.24) is 0 Å². The topological polar surface area (TPSA) is 81.8 Å². The highest BCUT2D eigenvalue weighted by atomic mass is 16.3. The highest BCUT2D eigenvalue weighted by molar-refractivity contribution is 5.72. The SMILES string of the molecule is Cc1c(N)ccc(Nc2ccc(N(C)CCO)c(O)c2)c1C. The summed E-state index contributed by atoms with van der Waals surface area (Å²) >= 11 is 0. The summed E-state index contributed by atoms with van der Waals surface area (Å²) in [6, 6.07) is 9.20. The van der Waals surface area contributed by atoms with E-state index in [-0.39, 0.29) is 12.4 Å². The highest BCUT2D eigenvalue weighted by Crippen LogP contribution is 2.32. The van der Waals surface area contributed by atoms with Crippen molar-refractivity contribution in [1.29, 1.82) is 0 Å². The molecule has 0 aliphatic carbocycles. The largest absolute Gasteiger partial charge is 0.506 e. The van der Waals surface area contributed by atoms with Crippen molar-refractivity contribution in [2.24, 2.45) is 0 Å². The molecule has 0 aliphatic heterocycles. The lowest BCUT2D eigenvalue weighted by atomic mass is 10.1. The summed E-state index contributed by atoms with van der Waals surface area (Å²) < 4.78 is 0. The normalized spacial score (nSPS) is 10.5. The molecule has 118 valence electrons. The number of aromatic hydroxyl groups is 1. The fourth-order valence-corrected chi connectivity index (χ4v) is 2.33. The molecule has 22 heavy (non-hydrogen) atoms. The van der Waals surface area contributed by atoms with E-state index in [2.05, 4.69) is 5.32 Å². The number of anilines is 4. The van der Waals surface area contributed by atoms with Crippen molar-refractivity contribution < 1.29 is 10.2 Å². The molecule has 2 aromatic carbocycles. The molecule has 5 heteroatoms. The third kappa shape index (κ3) is 3.26. The molecule has 0 bridgehead atoms. The van der Waals surface area contributed by atoms with Crippen molar-refractivity contribution in [2.45, 2.75) is 13.8 Å². The lowest BCUT2D eigenvalue weighted by molar-refractivity contribution is 0.303. The molecule has 5 N–H and O–H groups in total. The van der Waals surface area contributed by atoms with Crippen LogP contribution in [-0.2, 0) is 0 Å². The first-order valence-electron chi connectivity index (χ1n) is 7.21. The molecule has 0 amide bonds. The minimum atomic E-state index is 0.0415. The Labute approximate surface area is 131 Å². The second-order valence-corrected chi connectivity index (χ2v) is 5.43. The minimum absolute atomic E-state index is 0.0415. The van der Waals surface area contributed by atoms with Crippen LogP contribution in [-0.4, -0.2) is 30.4 Å². The van der Waals surface area contributed by atoms with Gasteiger partial charge in [-0.3, -0.25) is 0 Å². The van der Waals surface area contributed by atoms with Crippen LogP contribution < -0.4 is 16.0 Å². The summed E-state index contributed by atoms with van der Waals surface area (Å²) in [7, 11) is 1.83. The van der Waals surface area contributed by atoms with Gasteiger partial charge in [0.15, 0.2) is 0 Å². The van der Waals surface area contributed by atoms with E-state index in [4.69, 9.17) is 10.8 Å². The summed E-state index contributed by atoms with van der Waals surface area (Å²) in [5.41, 5.74) is 11.2. The number of phenols is 1. The molecular weight excluding hydrogens is 278 g/mol. The zero-order valence-electron chi connectivity index (χ0n) is 13.2. The number of phenolic OH excluding ortho intramolecular Hbond substituents is 1. The van der Waals surface area contributed by atoms with Crippen LogP contribution in [0.1, 0.15) is 11.1 Å². The zero-order chi connectivity index (χ0) is 16.3. The molecule has 0 aliphatic rings. The standard InChI is InChI=1S/C17H23N3O2/c1-11-12(2)15(6-5-14(11)18)19-13-4-7-16(17(22)10-13)20(3)8-9-21/h4-7,10,19,21-22H,8-9,18H2,1-3H3. The maximum atomic E-state index is 10.2. The molecule has 0 spiro atoms. The van der Waals surface area contributed by atoms with Crippen LogP contribution in [0.5, 0.6) is 5.75 Å². The number of rotatable bonds is 5. The maximum absolute atomic E-state index is 10.2. The Hall–Kier alpha value is -2.40. The average Bonchev–Trinajstić information content (AvgIpc) is 2.48. The van der Waals surface area contributed by atoms with Crippen LogP contribution in [0, 0.1) is 13.8 Å². The van der Waals surface area contributed by atoms with E-state index >= 15 is 0 Å². The third-order valence-corrected chi connectivity index (χ3v) is 3.93. The number of nitrogen functional groups attached to an aromatic ring is 1.